The van der Waals surface area contributed by atoms with Crippen LogP contribution in [-0.2, 0) is 10.9 Å². The zero-order chi connectivity index (χ0) is 15.2. The van der Waals surface area contributed by atoms with Crippen LogP contribution in [0.1, 0.15) is 25.1 Å². The van der Waals surface area contributed by atoms with Gasteiger partial charge in [-0.3, -0.25) is 0 Å². The van der Waals surface area contributed by atoms with Crippen LogP contribution in [0.25, 0.3) is 0 Å². The van der Waals surface area contributed by atoms with E-state index in [1.54, 1.807) is 6.07 Å². The molecule has 0 bridgehead atoms. The van der Waals surface area contributed by atoms with Crippen LogP contribution in [0.5, 0.6) is 5.88 Å². The van der Waals surface area contributed by atoms with Crippen LogP contribution in [0.3, 0.4) is 0 Å². The normalized spacial score (nSPS) is 11.4. The number of nitrogens with zero attached hydrogens (tertiary/aromatic N) is 2. The van der Waals surface area contributed by atoms with Crippen molar-refractivity contribution in [3.8, 4) is 11.9 Å². The lowest BCUT2D eigenvalue weighted by atomic mass is 10.2. The standard InChI is InChI=1S/C13H15F3N2O2/c1-9(2)8-19-5-6-20-12-10(7-17)3-4-11(18-12)13(14,15)16/h3-4,9H,5-6,8H2,1-2H3. The molecular weight excluding hydrogens is 273 g/mol. The van der Waals surface area contributed by atoms with E-state index in [1.807, 2.05) is 13.8 Å². The molecule has 1 aromatic heterocycles. The molecule has 1 heterocycles. The van der Waals surface area contributed by atoms with E-state index in [-0.39, 0.29) is 24.7 Å². The number of ether oxygens (including phenoxy) is 2. The molecule has 0 unspecified atom stereocenters. The lowest BCUT2D eigenvalue weighted by molar-refractivity contribution is -0.141. The number of hydrogen-bond donors (Lipinski definition) is 0. The van der Waals surface area contributed by atoms with Crippen LogP contribution in [0.2, 0.25) is 0 Å². The minimum absolute atomic E-state index is 0.0374. The monoisotopic (exact) mass is 288 g/mol. The van der Waals surface area contributed by atoms with E-state index in [0.717, 1.165) is 12.1 Å². The Kier molecular flexibility index (Phi) is 5.77. The van der Waals surface area contributed by atoms with Crippen LogP contribution in [0.4, 0.5) is 13.2 Å². The topological polar surface area (TPSA) is 55.1 Å². The molecule has 0 N–H and O–H groups in total. The molecule has 0 aromatic carbocycles. The summed E-state index contributed by atoms with van der Waals surface area (Å²) >= 11 is 0. The summed E-state index contributed by atoms with van der Waals surface area (Å²) in [5.41, 5.74) is -1.13. The Hall–Kier alpha value is -1.81. The van der Waals surface area contributed by atoms with Crippen LogP contribution >= 0.6 is 0 Å². The Balaban J connectivity index is 2.66. The fourth-order valence-corrected chi connectivity index (χ4v) is 1.31. The molecule has 1 rings (SSSR count). The van der Waals surface area contributed by atoms with E-state index in [2.05, 4.69) is 4.98 Å². The summed E-state index contributed by atoms with van der Waals surface area (Å²) in [6.45, 7) is 4.74. The van der Waals surface area contributed by atoms with Crippen molar-refractivity contribution in [3.63, 3.8) is 0 Å². The van der Waals surface area contributed by atoms with Gasteiger partial charge in [0.15, 0.2) is 0 Å². The predicted molar refractivity (Wildman–Crippen MR) is 65.1 cm³/mol. The van der Waals surface area contributed by atoms with Gasteiger partial charge in [-0.25, -0.2) is 4.98 Å². The minimum Gasteiger partial charge on any atom is -0.474 e. The van der Waals surface area contributed by atoms with Gasteiger partial charge in [0.2, 0.25) is 5.88 Å². The molecule has 0 fully saturated rings. The molecule has 1 aromatic rings. The van der Waals surface area contributed by atoms with Crippen LogP contribution in [-0.4, -0.2) is 24.8 Å². The fraction of sp³-hybridized carbons (Fsp3) is 0.538. The first kappa shape index (κ1) is 16.2. The van der Waals surface area contributed by atoms with Gasteiger partial charge < -0.3 is 9.47 Å². The van der Waals surface area contributed by atoms with Crippen molar-refractivity contribution in [1.82, 2.24) is 4.98 Å². The summed E-state index contributed by atoms with van der Waals surface area (Å²) in [6, 6.07) is 3.53. The summed E-state index contributed by atoms with van der Waals surface area (Å²) < 4.78 is 47.8. The average molecular weight is 288 g/mol. The molecule has 0 spiro atoms. The quantitative estimate of drug-likeness (QED) is 0.755. The molecule has 0 atom stereocenters. The second-order valence-electron chi connectivity index (χ2n) is 4.48. The molecule has 0 aliphatic rings. The highest BCUT2D eigenvalue weighted by molar-refractivity contribution is 5.39. The van der Waals surface area contributed by atoms with Gasteiger partial charge in [-0.2, -0.15) is 18.4 Å². The molecule has 0 radical (unpaired) electrons. The van der Waals surface area contributed by atoms with E-state index in [0.29, 0.717) is 12.5 Å². The van der Waals surface area contributed by atoms with Crippen molar-refractivity contribution in [3.05, 3.63) is 23.4 Å². The van der Waals surface area contributed by atoms with Gasteiger partial charge in [0.25, 0.3) is 0 Å². The highest BCUT2D eigenvalue weighted by Gasteiger charge is 2.33. The molecule has 0 aliphatic heterocycles. The van der Waals surface area contributed by atoms with Gasteiger partial charge in [0.05, 0.1) is 6.61 Å². The number of halogens is 3. The SMILES string of the molecule is CC(C)COCCOc1nc(C(F)(F)F)ccc1C#N. The maximum Gasteiger partial charge on any atom is 0.433 e. The maximum atomic E-state index is 12.5. The first-order valence-electron chi connectivity index (χ1n) is 6.03. The summed E-state index contributed by atoms with van der Waals surface area (Å²) in [5, 5.41) is 8.81. The van der Waals surface area contributed by atoms with Crippen molar-refractivity contribution in [2.45, 2.75) is 20.0 Å². The second-order valence-corrected chi connectivity index (χ2v) is 4.48. The zero-order valence-electron chi connectivity index (χ0n) is 11.2. The Morgan fingerprint density at radius 3 is 2.55 bits per heavy atom. The third-order valence-electron chi connectivity index (χ3n) is 2.19. The summed E-state index contributed by atoms with van der Waals surface area (Å²) in [6.07, 6.45) is -4.57. The Morgan fingerprint density at radius 1 is 1.30 bits per heavy atom. The fourth-order valence-electron chi connectivity index (χ4n) is 1.31. The number of nitriles is 1. The average Bonchev–Trinajstić information content (AvgIpc) is 2.36. The van der Waals surface area contributed by atoms with Crippen LogP contribution in [0.15, 0.2) is 12.1 Å². The smallest absolute Gasteiger partial charge is 0.433 e. The first-order chi connectivity index (χ1) is 9.34. The molecule has 7 heteroatoms. The molecule has 0 saturated carbocycles. The van der Waals surface area contributed by atoms with Crippen molar-refractivity contribution >= 4 is 0 Å². The molecule has 0 saturated heterocycles. The Morgan fingerprint density at radius 2 is 2.00 bits per heavy atom. The lowest BCUT2D eigenvalue weighted by Crippen LogP contribution is -2.13. The predicted octanol–water partition coefficient (Wildman–Crippen LogP) is 3.02. The maximum absolute atomic E-state index is 12.5. The largest absolute Gasteiger partial charge is 0.474 e. The van der Waals surface area contributed by atoms with Crippen LogP contribution in [0, 0.1) is 17.2 Å². The van der Waals surface area contributed by atoms with E-state index < -0.39 is 11.9 Å². The van der Waals surface area contributed by atoms with Crippen molar-refractivity contribution in [2.24, 2.45) is 5.92 Å². The molecule has 4 nitrogen and oxygen atoms in total. The molecule has 0 amide bonds. The highest BCUT2D eigenvalue weighted by atomic mass is 19.4. The van der Waals surface area contributed by atoms with Gasteiger partial charge in [-0.1, -0.05) is 13.8 Å². The Labute approximate surface area is 115 Å². The first-order valence-corrected chi connectivity index (χ1v) is 6.03. The van der Waals surface area contributed by atoms with E-state index in [4.69, 9.17) is 14.7 Å². The number of aromatic nitrogens is 1. The number of hydrogen-bond acceptors (Lipinski definition) is 4. The number of pyridine rings is 1. The van der Waals surface area contributed by atoms with Gasteiger partial charge in [-0.15, -0.1) is 0 Å². The van der Waals surface area contributed by atoms with Gasteiger partial charge >= 0.3 is 6.18 Å². The van der Waals surface area contributed by atoms with Crippen molar-refractivity contribution in [2.75, 3.05) is 19.8 Å². The van der Waals surface area contributed by atoms with Crippen LogP contribution < -0.4 is 4.74 Å². The lowest BCUT2D eigenvalue weighted by Gasteiger charge is -2.11. The van der Waals surface area contributed by atoms with E-state index in [1.165, 1.54) is 0 Å². The third kappa shape index (κ3) is 5.05. The van der Waals surface area contributed by atoms with Gasteiger partial charge in [-0.05, 0) is 18.1 Å². The van der Waals surface area contributed by atoms with Crippen molar-refractivity contribution in [1.29, 1.82) is 5.26 Å². The molecule has 20 heavy (non-hydrogen) atoms. The highest BCUT2D eigenvalue weighted by Crippen LogP contribution is 2.29. The summed E-state index contributed by atoms with van der Waals surface area (Å²) in [7, 11) is 0. The summed E-state index contributed by atoms with van der Waals surface area (Å²) in [5.74, 6) is 0.0341. The third-order valence-corrected chi connectivity index (χ3v) is 2.19. The van der Waals surface area contributed by atoms with E-state index >= 15 is 0 Å². The van der Waals surface area contributed by atoms with Gasteiger partial charge in [0.1, 0.15) is 23.9 Å². The number of rotatable bonds is 6. The van der Waals surface area contributed by atoms with E-state index in [9.17, 15) is 13.2 Å². The molecular formula is C13H15F3N2O2. The van der Waals surface area contributed by atoms with Crippen molar-refractivity contribution < 1.29 is 22.6 Å². The molecule has 110 valence electrons. The second kappa shape index (κ2) is 7.10. The number of alkyl halides is 3. The molecule has 0 aliphatic carbocycles. The Bertz CT molecular complexity index is 481. The zero-order valence-corrected chi connectivity index (χ0v) is 11.2. The van der Waals surface area contributed by atoms with Gasteiger partial charge in [0, 0.05) is 6.61 Å². The minimum atomic E-state index is -4.57. The summed E-state index contributed by atoms with van der Waals surface area (Å²) in [4.78, 5) is 3.32.